The van der Waals surface area contributed by atoms with E-state index in [4.69, 9.17) is 12.6 Å². The van der Waals surface area contributed by atoms with Gasteiger partial charge in [0.25, 0.3) is 0 Å². The average Bonchev–Trinajstić information content (AvgIpc) is 1.69. The monoisotopic (exact) mass is 100 g/mol. The molecule has 0 atom stereocenters. The van der Waals surface area contributed by atoms with Crippen molar-refractivity contribution < 1.29 is 9.47 Å². The van der Waals surface area contributed by atoms with Gasteiger partial charge < -0.3 is 9.47 Å². The Hall–Kier alpha value is -0.0151. The van der Waals surface area contributed by atoms with Gasteiger partial charge in [-0.25, -0.2) is 0 Å². The van der Waals surface area contributed by atoms with Gasteiger partial charge in [0.1, 0.15) is 7.85 Å². The highest BCUT2D eigenvalue weighted by Crippen LogP contribution is 1.69. The Morgan fingerprint density at radius 1 is 1.43 bits per heavy atom. The summed E-state index contributed by atoms with van der Waals surface area (Å²) in [6.45, 7) is 1.49. The molecule has 3 heteroatoms. The topological polar surface area (TPSA) is 18.5 Å². The van der Waals surface area contributed by atoms with Crippen molar-refractivity contribution in [3.05, 3.63) is 0 Å². The van der Waals surface area contributed by atoms with Crippen molar-refractivity contribution in [1.29, 1.82) is 0 Å². The molecule has 0 saturated heterocycles. The molecule has 0 aliphatic heterocycles. The van der Waals surface area contributed by atoms with E-state index in [1.165, 1.54) is 0 Å². The summed E-state index contributed by atoms with van der Waals surface area (Å²) in [4.78, 5) is 0. The third kappa shape index (κ3) is 5.98. The molecule has 40 valence electrons. The summed E-state index contributed by atoms with van der Waals surface area (Å²) in [6.07, 6.45) is 0. The molecular formula is C4H9BO2. The highest BCUT2D eigenvalue weighted by molar-refractivity contribution is 6.08. The lowest BCUT2D eigenvalue weighted by atomic mass is 10.2. The van der Waals surface area contributed by atoms with Gasteiger partial charge in [-0.2, -0.15) is 0 Å². The van der Waals surface area contributed by atoms with E-state index in [0.29, 0.717) is 13.2 Å². The average molecular weight is 99.9 g/mol. The third-order valence-corrected chi connectivity index (χ3v) is 0.550. The third-order valence-electron chi connectivity index (χ3n) is 0.550. The van der Waals surface area contributed by atoms with Crippen LogP contribution in [0.2, 0.25) is 0 Å². The van der Waals surface area contributed by atoms with E-state index in [1.807, 2.05) is 0 Å². The quantitative estimate of drug-likeness (QED) is 0.359. The van der Waals surface area contributed by atoms with E-state index >= 15 is 0 Å². The zero-order valence-electron chi connectivity index (χ0n) is 4.52. The summed E-state index contributed by atoms with van der Waals surface area (Å²) in [6, 6.07) is 0. The largest absolute Gasteiger partial charge is 0.389 e. The molecule has 7 heavy (non-hydrogen) atoms. The first-order chi connectivity index (χ1) is 3.41. The summed E-state index contributed by atoms with van der Waals surface area (Å²) in [7, 11) is 6.62. The van der Waals surface area contributed by atoms with E-state index < -0.39 is 0 Å². The molecule has 0 aliphatic carbocycles. The molecule has 0 aromatic rings. The molecule has 2 nitrogen and oxygen atoms in total. The first-order valence-corrected chi connectivity index (χ1v) is 2.18. The van der Waals surface area contributed by atoms with Crippen LogP contribution in [-0.2, 0) is 9.47 Å². The maximum absolute atomic E-state index is 4.99. The van der Waals surface area contributed by atoms with Gasteiger partial charge in [0, 0.05) is 13.6 Å². The minimum absolute atomic E-state index is 0.281. The molecule has 0 aliphatic rings. The second kappa shape index (κ2) is 5.98. The van der Waals surface area contributed by atoms with Crippen LogP contribution in [0.25, 0.3) is 0 Å². The molecule has 0 aromatic heterocycles. The Morgan fingerprint density at radius 2 is 2.14 bits per heavy atom. The van der Waals surface area contributed by atoms with Gasteiger partial charge in [-0.1, -0.05) is 0 Å². The SMILES string of the molecule is [B]COCCOC. The van der Waals surface area contributed by atoms with Crippen molar-refractivity contribution in [2.45, 2.75) is 0 Å². The molecule has 2 radical (unpaired) electrons. The smallest absolute Gasteiger partial charge is 0.104 e. The van der Waals surface area contributed by atoms with Gasteiger partial charge in [0.15, 0.2) is 0 Å². The van der Waals surface area contributed by atoms with Gasteiger partial charge in [0.05, 0.1) is 13.2 Å². The zero-order valence-corrected chi connectivity index (χ0v) is 4.52. The summed E-state index contributed by atoms with van der Waals surface area (Å²) in [5.41, 5.74) is 0. The molecule has 0 rings (SSSR count). The molecule has 0 aromatic carbocycles. The van der Waals surface area contributed by atoms with Crippen molar-refractivity contribution in [3.63, 3.8) is 0 Å². The van der Waals surface area contributed by atoms with Gasteiger partial charge in [0.2, 0.25) is 0 Å². The van der Waals surface area contributed by atoms with Gasteiger partial charge >= 0.3 is 0 Å². The Labute approximate surface area is 45.2 Å². The molecule has 0 amide bonds. The van der Waals surface area contributed by atoms with E-state index in [0.717, 1.165) is 0 Å². The van der Waals surface area contributed by atoms with Gasteiger partial charge in [-0.05, 0) is 0 Å². The highest BCUT2D eigenvalue weighted by Gasteiger charge is 1.78. The zero-order chi connectivity index (χ0) is 5.54. The minimum Gasteiger partial charge on any atom is -0.389 e. The summed E-state index contributed by atoms with van der Waals surface area (Å²) >= 11 is 0. The van der Waals surface area contributed by atoms with Crippen molar-refractivity contribution in [1.82, 2.24) is 0 Å². The number of hydrogen-bond donors (Lipinski definition) is 0. The van der Waals surface area contributed by atoms with E-state index in [1.54, 1.807) is 7.11 Å². The van der Waals surface area contributed by atoms with Gasteiger partial charge in [-0.3, -0.25) is 0 Å². The number of ether oxygens (including phenoxy) is 2. The van der Waals surface area contributed by atoms with Crippen molar-refractivity contribution in [3.8, 4) is 0 Å². The molecule has 0 fully saturated rings. The van der Waals surface area contributed by atoms with Crippen molar-refractivity contribution >= 4 is 7.85 Å². The molecular weight excluding hydrogens is 90.9 g/mol. The minimum atomic E-state index is 0.281. The Bertz CT molecular complexity index is 28.9. The van der Waals surface area contributed by atoms with E-state index in [-0.39, 0.29) is 6.51 Å². The first kappa shape index (κ1) is 6.98. The lowest BCUT2D eigenvalue weighted by Crippen LogP contribution is -2.01. The van der Waals surface area contributed by atoms with Crippen LogP contribution in [0.1, 0.15) is 0 Å². The maximum atomic E-state index is 4.99. The second-order valence-corrected chi connectivity index (χ2v) is 1.07. The molecule has 0 bridgehead atoms. The molecule has 0 saturated carbocycles. The van der Waals surface area contributed by atoms with Crippen LogP contribution in [0.15, 0.2) is 0 Å². The Morgan fingerprint density at radius 3 is 2.57 bits per heavy atom. The molecule has 0 N–H and O–H groups in total. The fourth-order valence-corrected chi connectivity index (χ4v) is 0.226. The summed E-state index contributed by atoms with van der Waals surface area (Å²) < 4.78 is 9.39. The lowest BCUT2D eigenvalue weighted by Gasteiger charge is -1.96. The van der Waals surface area contributed by atoms with E-state index in [9.17, 15) is 0 Å². The van der Waals surface area contributed by atoms with Crippen LogP contribution in [0.4, 0.5) is 0 Å². The Balaban J connectivity index is 2.45. The predicted octanol–water partition coefficient (Wildman–Crippen LogP) is -0.225. The normalized spacial score (nSPS) is 9.29. The number of hydrogen-bond acceptors (Lipinski definition) is 2. The molecule has 0 unspecified atom stereocenters. The number of rotatable bonds is 4. The summed E-state index contributed by atoms with van der Waals surface area (Å²) in [5.74, 6) is 0. The lowest BCUT2D eigenvalue weighted by molar-refractivity contribution is 0.0934. The van der Waals surface area contributed by atoms with E-state index in [2.05, 4.69) is 4.74 Å². The predicted molar refractivity (Wildman–Crippen MR) is 28.4 cm³/mol. The molecule has 0 heterocycles. The summed E-state index contributed by atoms with van der Waals surface area (Å²) in [5, 5.41) is 0. The fourth-order valence-electron chi connectivity index (χ4n) is 0.226. The van der Waals surface area contributed by atoms with Crippen LogP contribution in [0, 0.1) is 0 Å². The first-order valence-electron chi connectivity index (χ1n) is 2.18. The van der Waals surface area contributed by atoms with Crippen LogP contribution >= 0.6 is 0 Å². The maximum Gasteiger partial charge on any atom is 0.104 e. The van der Waals surface area contributed by atoms with Crippen LogP contribution in [0.3, 0.4) is 0 Å². The van der Waals surface area contributed by atoms with Crippen molar-refractivity contribution in [2.24, 2.45) is 0 Å². The fraction of sp³-hybridized carbons (Fsp3) is 1.00. The number of methoxy groups -OCH3 is 1. The molecule has 0 spiro atoms. The van der Waals surface area contributed by atoms with Crippen LogP contribution in [0.5, 0.6) is 0 Å². The highest BCUT2D eigenvalue weighted by atomic mass is 16.5. The standard InChI is InChI=1S/C4H9BO2/c1-6-2-3-7-4-5/h2-4H2,1H3. The van der Waals surface area contributed by atoms with Crippen LogP contribution in [-0.4, -0.2) is 34.7 Å². The van der Waals surface area contributed by atoms with Crippen molar-refractivity contribution in [2.75, 3.05) is 26.8 Å². The van der Waals surface area contributed by atoms with Crippen LogP contribution < -0.4 is 0 Å². The van der Waals surface area contributed by atoms with Gasteiger partial charge in [-0.15, -0.1) is 0 Å². The second-order valence-electron chi connectivity index (χ2n) is 1.07. The Kier molecular flexibility index (Phi) is 5.97.